The van der Waals surface area contributed by atoms with Gasteiger partial charge in [-0.2, -0.15) is 0 Å². The predicted molar refractivity (Wildman–Crippen MR) is 108 cm³/mol. The highest BCUT2D eigenvalue weighted by molar-refractivity contribution is 6.33. The SMILES string of the molecule is O=C(Nc1cc(C(=O)O)[nH]c(=O)c1Cl)OCC1c2ccccc2-c2ccccc21. The third kappa shape index (κ3) is 3.48. The number of fused-ring (bicyclic) bond motifs is 3. The highest BCUT2D eigenvalue weighted by Crippen LogP contribution is 2.44. The van der Waals surface area contributed by atoms with E-state index < -0.39 is 23.3 Å². The fourth-order valence-corrected chi connectivity index (χ4v) is 3.64. The van der Waals surface area contributed by atoms with Crippen molar-refractivity contribution in [3.8, 4) is 11.1 Å². The molecule has 1 aliphatic rings. The van der Waals surface area contributed by atoms with Gasteiger partial charge in [-0.05, 0) is 28.3 Å². The number of H-pyrrole nitrogens is 1. The third-order valence-electron chi connectivity index (χ3n) is 4.78. The second-order valence-electron chi connectivity index (χ2n) is 6.50. The number of aromatic carboxylic acids is 1. The number of ether oxygens (including phenoxy) is 1. The van der Waals surface area contributed by atoms with Gasteiger partial charge < -0.3 is 14.8 Å². The smallest absolute Gasteiger partial charge is 0.411 e. The summed E-state index contributed by atoms with van der Waals surface area (Å²) in [6.45, 7) is 0.0759. The summed E-state index contributed by atoms with van der Waals surface area (Å²) in [4.78, 5) is 37.2. The van der Waals surface area contributed by atoms with E-state index in [0.717, 1.165) is 28.3 Å². The van der Waals surface area contributed by atoms with E-state index in [9.17, 15) is 14.4 Å². The molecule has 1 aliphatic carbocycles. The molecule has 0 saturated heterocycles. The number of carbonyl (C=O) groups excluding carboxylic acids is 1. The number of aromatic amines is 1. The fourth-order valence-electron chi connectivity index (χ4n) is 3.49. The number of anilines is 1. The summed E-state index contributed by atoms with van der Waals surface area (Å²) in [5.74, 6) is -1.48. The van der Waals surface area contributed by atoms with Crippen LogP contribution in [0.1, 0.15) is 27.5 Å². The molecule has 29 heavy (non-hydrogen) atoms. The van der Waals surface area contributed by atoms with Crippen molar-refractivity contribution in [3.63, 3.8) is 0 Å². The monoisotopic (exact) mass is 410 g/mol. The van der Waals surface area contributed by atoms with Crippen LogP contribution in [-0.2, 0) is 4.74 Å². The molecule has 1 aromatic heterocycles. The highest BCUT2D eigenvalue weighted by Gasteiger charge is 2.29. The molecule has 0 saturated carbocycles. The summed E-state index contributed by atoms with van der Waals surface area (Å²) in [6, 6.07) is 16.9. The number of halogens is 1. The van der Waals surface area contributed by atoms with Crippen molar-refractivity contribution < 1.29 is 19.4 Å². The van der Waals surface area contributed by atoms with Crippen molar-refractivity contribution in [2.24, 2.45) is 0 Å². The van der Waals surface area contributed by atoms with Crippen LogP contribution in [0.25, 0.3) is 11.1 Å². The third-order valence-corrected chi connectivity index (χ3v) is 5.16. The first kappa shape index (κ1) is 18.8. The Hall–Kier alpha value is -3.58. The predicted octanol–water partition coefficient (Wildman–Crippen LogP) is 4.09. The Labute approximate surface area is 169 Å². The second kappa shape index (κ2) is 7.44. The maximum absolute atomic E-state index is 12.3. The molecule has 0 spiro atoms. The van der Waals surface area contributed by atoms with E-state index >= 15 is 0 Å². The molecule has 1 amide bonds. The van der Waals surface area contributed by atoms with E-state index in [-0.39, 0.29) is 23.2 Å². The lowest BCUT2D eigenvalue weighted by Gasteiger charge is -2.15. The molecule has 2 aromatic carbocycles. The number of hydrogen-bond acceptors (Lipinski definition) is 4. The van der Waals surface area contributed by atoms with E-state index in [4.69, 9.17) is 21.4 Å². The van der Waals surface area contributed by atoms with Crippen LogP contribution in [0.4, 0.5) is 10.5 Å². The van der Waals surface area contributed by atoms with Crippen LogP contribution in [0.3, 0.4) is 0 Å². The molecular formula is C21H15ClN2O5. The first-order chi connectivity index (χ1) is 14.0. The number of rotatable bonds is 4. The van der Waals surface area contributed by atoms with Crippen LogP contribution in [-0.4, -0.2) is 28.8 Å². The summed E-state index contributed by atoms with van der Waals surface area (Å²) in [5, 5.41) is 11.0. The molecule has 0 aliphatic heterocycles. The van der Waals surface area contributed by atoms with Gasteiger partial charge in [0.15, 0.2) is 0 Å². The lowest BCUT2D eigenvalue weighted by atomic mass is 9.98. The molecule has 0 atom stereocenters. The molecule has 8 heteroatoms. The average Bonchev–Trinajstić information content (AvgIpc) is 3.03. The number of aromatic nitrogens is 1. The van der Waals surface area contributed by atoms with Crippen LogP contribution >= 0.6 is 11.6 Å². The molecule has 1 heterocycles. The van der Waals surface area contributed by atoms with E-state index in [2.05, 4.69) is 10.3 Å². The Morgan fingerprint density at radius 2 is 1.66 bits per heavy atom. The molecule has 0 unspecified atom stereocenters. The van der Waals surface area contributed by atoms with E-state index in [1.54, 1.807) is 0 Å². The lowest BCUT2D eigenvalue weighted by molar-refractivity contribution is 0.0690. The van der Waals surface area contributed by atoms with Crippen LogP contribution in [0, 0.1) is 0 Å². The summed E-state index contributed by atoms with van der Waals surface area (Å²) >= 11 is 5.87. The first-order valence-electron chi connectivity index (χ1n) is 8.74. The van der Waals surface area contributed by atoms with Crippen molar-refractivity contribution >= 4 is 29.4 Å². The number of carboxylic acids is 1. The zero-order valence-electron chi connectivity index (χ0n) is 14.9. The van der Waals surface area contributed by atoms with Gasteiger partial charge in [0.25, 0.3) is 5.56 Å². The van der Waals surface area contributed by atoms with Crippen molar-refractivity contribution in [1.82, 2.24) is 4.98 Å². The number of carbonyl (C=O) groups is 2. The quantitative estimate of drug-likeness (QED) is 0.600. The number of benzene rings is 2. The molecule has 146 valence electrons. The zero-order valence-corrected chi connectivity index (χ0v) is 15.7. The Morgan fingerprint density at radius 3 is 2.24 bits per heavy atom. The molecule has 4 rings (SSSR count). The molecular weight excluding hydrogens is 396 g/mol. The normalized spacial score (nSPS) is 12.2. The number of carboxylic acid groups (broad SMARTS) is 1. The minimum absolute atomic E-state index is 0.0759. The van der Waals surface area contributed by atoms with Gasteiger partial charge in [0.1, 0.15) is 17.3 Å². The molecule has 0 fully saturated rings. The Kier molecular flexibility index (Phi) is 4.82. The second-order valence-corrected chi connectivity index (χ2v) is 6.87. The van der Waals surface area contributed by atoms with Gasteiger partial charge in [-0.25, -0.2) is 9.59 Å². The molecule has 0 radical (unpaired) electrons. The molecule has 3 N–H and O–H groups in total. The minimum atomic E-state index is -1.35. The summed E-state index contributed by atoms with van der Waals surface area (Å²) in [6.07, 6.45) is -0.837. The number of nitrogens with one attached hydrogen (secondary N) is 2. The van der Waals surface area contributed by atoms with Crippen LogP contribution in [0.15, 0.2) is 59.4 Å². The number of amides is 1. The van der Waals surface area contributed by atoms with Gasteiger partial charge in [0.2, 0.25) is 0 Å². The molecule has 0 bridgehead atoms. The molecule has 3 aromatic rings. The van der Waals surface area contributed by atoms with E-state index in [1.165, 1.54) is 0 Å². The van der Waals surface area contributed by atoms with Crippen LogP contribution in [0.5, 0.6) is 0 Å². The van der Waals surface area contributed by atoms with E-state index in [0.29, 0.717) is 0 Å². The minimum Gasteiger partial charge on any atom is -0.477 e. The first-order valence-corrected chi connectivity index (χ1v) is 9.11. The topological polar surface area (TPSA) is 108 Å². The van der Waals surface area contributed by atoms with Crippen molar-refractivity contribution in [2.45, 2.75) is 5.92 Å². The summed E-state index contributed by atoms with van der Waals surface area (Å²) in [7, 11) is 0. The summed E-state index contributed by atoms with van der Waals surface area (Å²) < 4.78 is 5.37. The number of hydrogen-bond donors (Lipinski definition) is 3. The lowest BCUT2D eigenvalue weighted by Crippen LogP contribution is -2.21. The average molecular weight is 411 g/mol. The van der Waals surface area contributed by atoms with E-state index in [1.807, 2.05) is 48.5 Å². The van der Waals surface area contributed by atoms with Gasteiger partial charge in [-0.15, -0.1) is 0 Å². The maximum Gasteiger partial charge on any atom is 0.411 e. The summed E-state index contributed by atoms with van der Waals surface area (Å²) in [5.41, 5.74) is 2.97. The Balaban J connectivity index is 1.53. The van der Waals surface area contributed by atoms with Crippen molar-refractivity contribution in [3.05, 3.63) is 86.8 Å². The van der Waals surface area contributed by atoms with Gasteiger partial charge in [0, 0.05) is 5.92 Å². The van der Waals surface area contributed by atoms with Crippen molar-refractivity contribution in [2.75, 3.05) is 11.9 Å². The van der Waals surface area contributed by atoms with Crippen LogP contribution < -0.4 is 10.9 Å². The maximum atomic E-state index is 12.3. The Bertz CT molecular complexity index is 1140. The van der Waals surface area contributed by atoms with Gasteiger partial charge >= 0.3 is 12.1 Å². The Morgan fingerprint density at radius 1 is 1.07 bits per heavy atom. The fraction of sp³-hybridized carbons (Fsp3) is 0.0952. The van der Waals surface area contributed by atoms with Gasteiger partial charge in [-0.3, -0.25) is 10.1 Å². The van der Waals surface area contributed by atoms with Gasteiger partial charge in [-0.1, -0.05) is 60.1 Å². The van der Waals surface area contributed by atoms with Gasteiger partial charge in [0.05, 0.1) is 5.69 Å². The van der Waals surface area contributed by atoms with Crippen molar-refractivity contribution in [1.29, 1.82) is 0 Å². The largest absolute Gasteiger partial charge is 0.477 e. The standard InChI is InChI=1S/C21H15ClN2O5/c22-18-16(9-17(20(26)27)23-19(18)25)24-21(28)29-10-15-13-7-3-1-5-11(13)12-6-2-4-8-14(12)15/h1-9,15H,10H2,(H,26,27)(H2,23,24,25,28). The molecule has 7 nitrogen and oxygen atoms in total. The number of pyridine rings is 1. The van der Waals surface area contributed by atoms with Crippen LogP contribution in [0.2, 0.25) is 5.02 Å². The highest BCUT2D eigenvalue weighted by atomic mass is 35.5. The zero-order chi connectivity index (χ0) is 20.5.